The van der Waals surface area contributed by atoms with Crippen molar-refractivity contribution >= 4 is 15.9 Å². The molecule has 3 atom stereocenters. The minimum atomic E-state index is -3.50. The van der Waals surface area contributed by atoms with Crippen molar-refractivity contribution in [2.45, 2.75) is 52.0 Å². The largest absolute Gasteiger partial charge is 0.341 e. The molecule has 0 bridgehead atoms. The van der Waals surface area contributed by atoms with Crippen molar-refractivity contribution < 1.29 is 13.2 Å². The Kier molecular flexibility index (Phi) is 6.70. The molecule has 2 saturated heterocycles. The summed E-state index contributed by atoms with van der Waals surface area (Å²) in [7, 11) is -3.50. The van der Waals surface area contributed by atoms with Crippen LogP contribution in [0.1, 0.15) is 38.3 Å². The monoisotopic (exact) mass is 421 g/mol. The quantitative estimate of drug-likeness (QED) is 0.749. The number of amides is 1. The predicted octanol–water partition coefficient (Wildman–Crippen LogP) is 2.50. The molecule has 7 heteroatoms. The number of sulfonamides is 1. The lowest BCUT2D eigenvalue weighted by Gasteiger charge is -2.41. The van der Waals surface area contributed by atoms with Gasteiger partial charge >= 0.3 is 0 Å². The summed E-state index contributed by atoms with van der Waals surface area (Å²) in [6.45, 7) is 13.8. The van der Waals surface area contributed by atoms with Crippen LogP contribution >= 0.6 is 0 Å². The van der Waals surface area contributed by atoms with Crippen molar-refractivity contribution in [3.63, 3.8) is 0 Å². The summed E-state index contributed by atoms with van der Waals surface area (Å²) < 4.78 is 27.7. The Morgan fingerprint density at radius 1 is 1.03 bits per heavy atom. The third-order valence-corrected chi connectivity index (χ3v) is 8.37. The van der Waals surface area contributed by atoms with Gasteiger partial charge in [0.1, 0.15) is 0 Å². The summed E-state index contributed by atoms with van der Waals surface area (Å²) in [5.74, 6) is 1.25. The van der Waals surface area contributed by atoms with Crippen molar-refractivity contribution in [2.75, 3.05) is 39.3 Å². The van der Waals surface area contributed by atoms with Crippen molar-refractivity contribution in [1.82, 2.24) is 14.1 Å². The van der Waals surface area contributed by atoms with Crippen molar-refractivity contribution in [3.05, 3.63) is 29.3 Å². The van der Waals surface area contributed by atoms with Crippen LogP contribution in [-0.4, -0.2) is 73.7 Å². The predicted molar refractivity (Wildman–Crippen MR) is 115 cm³/mol. The van der Waals surface area contributed by atoms with Crippen molar-refractivity contribution in [3.8, 4) is 0 Å². The van der Waals surface area contributed by atoms with Crippen LogP contribution in [0.5, 0.6) is 0 Å². The van der Waals surface area contributed by atoms with Crippen molar-refractivity contribution in [2.24, 2.45) is 11.8 Å². The molecule has 6 nitrogen and oxygen atoms in total. The molecule has 0 aromatic heterocycles. The third kappa shape index (κ3) is 4.84. The number of carbonyl (C=O) groups excluding carboxylic acids is 1. The summed E-state index contributed by atoms with van der Waals surface area (Å²) in [5, 5.41) is 0. The first-order chi connectivity index (χ1) is 13.6. The number of nitrogens with zero attached hydrogens (tertiary/aromatic N) is 3. The highest BCUT2D eigenvalue weighted by Crippen LogP contribution is 2.24. The number of piperazine rings is 1. The van der Waals surface area contributed by atoms with E-state index in [1.807, 2.05) is 37.8 Å². The molecular weight excluding hydrogens is 386 g/mol. The van der Waals surface area contributed by atoms with Gasteiger partial charge < -0.3 is 4.90 Å². The molecule has 2 heterocycles. The smallest absolute Gasteiger partial charge is 0.243 e. The maximum absolute atomic E-state index is 13.1. The molecule has 1 aromatic carbocycles. The molecule has 162 valence electrons. The second-order valence-corrected chi connectivity index (χ2v) is 11.0. The van der Waals surface area contributed by atoms with Gasteiger partial charge in [-0.3, -0.25) is 9.69 Å². The van der Waals surface area contributed by atoms with Crippen LogP contribution in [0.4, 0.5) is 0 Å². The van der Waals surface area contributed by atoms with Gasteiger partial charge in [0.2, 0.25) is 15.9 Å². The highest BCUT2D eigenvalue weighted by Gasteiger charge is 2.35. The van der Waals surface area contributed by atoms with E-state index in [9.17, 15) is 13.2 Å². The third-order valence-electron chi connectivity index (χ3n) is 6.31. The molecule has 2 fully saturated rings. The van der Waals surface area contributed by atoms with E-state index in [4.69, 9.17) is 0 Å². The fourth-order valence-corrected chi connectivity index (χ4v) is 6.45. The molecule has 2 aliphatic heterocycles. The van der Waals surface area contributed by atoms with Crippen LogP contribution in [0.2, 0.25) is 0 Å². The van der Waals surface area contributed by atoms with Gasteiger partial charge in [-0.15, -0.1) is 0 Å². The van der Waals surface area contributed by atoms with Gasteiger partial charge in [0, 0.05) is 39.3 Å². The lowest BCUT2D eigenvalue weighted by Crippen LogP contribution is -2.56. The molecule has 3 rings (SSSR count). The molecule has 1 amide bonds. The van der Waals surface area contributed by atoms with E-state index in [1.54, 1.807) is 10.4 Å². The number of benzene rings is 1. The SMILES string of the molecule is Cc1ccc(S(=O)(=O)N2CCN([C@@H](C)C(=O)N3C[C@H](C)C[C@H](C)C3)CC2)c(C)c1. The fraction of sp³-hybridized carbons (Fsp3) is 0.682. The second-order valence-electron chi connectivity index (χ2n) is 9.07. The molecule has 0 unspecified atom stereocenters. The van der Waals surface area contributed by atoms with Gasteiger partial charge in [-0.25, -0.2) is 8.42 Å². The second kappa shape index (κ2) is 8.74. The maximum Gasteiger partial charge on any atom is 0.243 e. The van der Waals surface area contributed by atoms with Gasteiger partial charge in [-0.2, -0.15) is 4.31 Å². The van der Waals surface area contributed by atoms with Gasteiger partial charge in [0.05, 0.1) is 10.9 Å². The fourth-order valence-electron chi connectivity index (χ4n) is 4.82. The Labute approximate surface area is 175 Å². The summed E-state index contributed by atoms with van der Waals surface area (Å²) in [6.07, 6.45) is 1.17. The number of aryl methyl sites for hydroxylation is 2. The molecule has 0 spiro atoms. The average molecular weight is 422 g/mol. The Hall–Kier alpha value is -1.44. The molecule has 0 aliphatic carbocycles. The standard InChI is InChI=1S/C22H35N3O3S/c1-16-6-7-21(19(4)13-16)29(27,28)25-10-8-23(9-11-25)20(5)22(26)24-14-17(2)12-18(3)15-24/h6-7,13,17-18,20H,8-12,14-15H2,1-5H3/t17-,18+,20-/m0/s1. The summed E-state index contributed by atoms with van der Waals surface area (Å²) >= 11 is 0. The molecule has 0 radical (unpaired) electrons. The molecule has 0 N–H and O–H groups in total. The lowest BCUT2D eigenvalue weighted by atomic mass is 9.91. The molecule has 0 saturated carbocycles. The minimum Gasteiger partial charge on any atom is -0.341 e. The van der Waals surface area contributed by atoms with E-state index in [0.717, 1.165) is 24.2 Å². The van der Waals surface area contributed by atoms with Gasteiger partial charge in [-0.05, 0) is 50.7 Å². The summed E-state index contributed by atoms with van der Waals surface area (Å²) in [4.78, 5) is 17.5. The molecule has 29 heavy (non-hydrogen) atoms. The minimum absolute atomic E-state index is 0.175. The van der Waals surface area contributed by atoms with Gasteiger partial charge in [0.15, 0.2) is 0 Å². The van der Waals surface area contributed by atoms with E-state index in [2.05, 4.69) is 18.7 Å². The van der Waals surface area contributed by atoms with E-state index in [0.29, 0.717) is 42.9 Å². The number of rotatable bonds is 4. The zero-order valence-corrected chi connectivity index (χ0v) is 19.2. The van der Waals surface area contributed by atoms with E-state index in [1.165, 1.54) is 6.42 Å². The molecule has 1 aromatic rings. The normalized spacial score (nSPS) is 25.8. The van der Waals surface area contributed by atoms with Crippen molar-refractivity contribution in [1.29, 1.82) is 0 Å². The average Bonchev–Trinajstić information content (AvgIpc) is 2.66. The lowest BCUT2D eigenvalue weighted by molar-refractivity contribution is -0.139. The first-order valence-corrected chi connectivity index (χ1v) is 12.1. The molecule has 2 aliphatic rings. The van der Waals surface area contributed by atoms with Gasteiger partial charge in [-0.1, -0.05) is 31.5 Å². The van der Waals surface area contributed by atoms with E-state index < -0.39 is 10.0 Å². The Balaban J connectivity index is 1.63. The van der Waals surface area contributed by atoms with E-state index >= 15 is 0 Å². The first-order valence-electron chi connectivity index (χ1n) is 10.7. The van der Waals surface area contributed by atoms with Gasteiger partial charge in [0.25, 0.3) is 0 Å². The van der Waals surface area contributed by atoms with Crippen LogP contribution in [0.3, 0.4) is 0 Å². The number of hydrogen-bond donors (Lipinski definition) is 0. The van der Waals surface area contributed by atoms with E-state index in [-0.39, 0.29) is 11.9 Å². The topological polar surface area (TPSA) is 60.9 Å². The van der Waals surface area contributed by atoms with Crippen LogP contribution in [0, 0.1) is 25.7 Å². The zero-order valence-electron chi connectivity index (χ0n) is 18.4. The zero-order chi connectivity index (χ0) is 21.3. The highest BCUT2D eigenvalue weighted by atomic mass is 32.2. The number of hydrogen-bond acceptors (Lipinski definition) is 4. The van der Waals surface area contributed by atoms with Crippen LogP contribution in [0.25, 0.3) is 0 Å². The highest BCUT2D eigenvalue weighted by molar-refractivity contribution is 7.89. The summed E-state index contributed by atoms with van der Waals surface area (Å²) in [6, 6.07) is 5.25. The van der Waals surface area contributed by atoms with Crippen LogP contribution in [0.15, 0.2) is 23.1 Å². The van der Waals surface area contributed by atoms with Crippen LogP contribution in [-0.2, 0) is 14.8 Å². The summed E-state index contributed by atoms with van der Waals surface area (Å²) in [5.41, 5.74) is 1.84. The maximum atomic E-state index is 13.1. The number of carbonyl (C=O) groups is 1. The number of likely N-dealkylation sites (tertiary alicyclic amines) is 1. The Bertz CT molecular complexity index is 837. The first kappa shape index (κ1) is 22.2. The van der Waals surface area contributed by atoms with Crippen LogP contribution < -0.4 is 0 Å². The molecular formula is C22H35N3O3S. The Morgan fingerprint density at radius 3 is 2.17 bits per heavy atom. The Morgan fingerprint density at radius 2 is 1.62 bits per heavy atom. The number of piperidine rings is 1.